The Bertz CT molecular complexity index is 723. The molecule has 1 saturated carbocycles. The van der Waals surface area contributed by atoms with E-state index in [1.165, 1.54) is 0 Å². The van der Waals surface area contributed by atoms with Crippen LogP contribution < -0.4 is 5.32 Å². The van der Waals surface area contributed by atoms with Crippen LogP contribution in [-0.4, -0.2) is 65.5 Å². The first-order valence-electron chi connectivity index (χ1n) is 11.3. The third kappa shape index (κ3) is 3.81. The molecular formula is C21H31FN4O3. The first-order valence-corrected chi connectivity index (χ1v) is 11.3. The van der Waals surface area contributed by atoms with Crippen LogP contribution in [0.25, 0.3) is 0 Å². The van der Waals surface area contributed by atoms with Gasteiger partial charge < -0.3 is 19.5 Å². The Morgan fingerprint density at radius 1 is 1.17 bits per heavy atom. The van der Waals surface area contributed by atoms with Crippen LogP contribution in [0.2, 0.25) is 0 Å². The highest BCUT2D eigenvalue weighted by Gasteiger charge is 2.47. The van der Waals surface area contributed by atoms with Crippen LogP contribution in [0.4, 0.5) is 4.39 Å². The van der Waals surface area contributed by atoms with E-state index in [2.05, 4.69) is 10.5 Å². The van der Waals surface area contributed by atoms with Crippen molar-refractivity contribution in [3.8, 4) is 0 Å². The second-order valence-corrected chi connectivity index (χ2v) is 9.28. The fourth-order valence-corrected chi connectivity index (χ4v) is 5.31. The number of nitrogens with zero attached hydrogens (tertiary/aromatic N) is 3. The van der Waals surface area contributed by atoms with Gasteiger partial charge in [-0.05, 0) is 63.8 Å². The molecule has 4 fully saturated rings. The van der Waals surface area contributed by atoms with Crippen LogP contribution in [0.1, 0.15) is 74.9 Å². The highest BCUT2D eigenvalue weighted by atomic mass is 19.1. The van der Waals surface area contributed by atoms with Crippen LogP contribution in [-0.2, 0) is 9.53 Å². The van der Waals surface area contributed by atoms with Crippen LogP contribution in [0.3, 0.4) is 0 Å². The van der Waals surface area contributed by atoms with Gasteiger partial charge in [-0.15, -0.1) is 0 Å². The number of likely N-dealkylation sites (tertiary alicyclic amines) is 1. The largest absolute Gasteiger partial charge is 0.381 e. The molecule has 1 amide bonds. The summed E-state index contributed by atoms with van der Waals surface area (Å²) < 4.78 is 25.6. The van der Waals surface area contributed by atoms with Crippen molar-refractivity contribution in [3.05, 3.63) is 11.7 Å². The van der Waals surface area contributed by atoms with E-state index in [1.807, 2.05) is 0 Å². The van der Waals surface area contributed by atoms with Gasteiger partial charge in [0.1, 0.15) is 0 Å². The fraction of sp³-hybridized carbons (Fsp3) is 0.857. The van der Waals surface area contributed by atoms with Gasteiger partial charge >= 0.3 is 0 Å². The van der Waals surface area contributed by atoms with E-state index in [-0.39, 0.29) is 11.8 Å². The number of aromatic nitrogens is 2. The molecule has 3 saturated heterocycles. The Kier molecular flexibility index (Phi) is 5.32. The second-order valence-electron chi connectivity index (χ2n) is 9.28. The maximum atomic E-state index is 14.4. The molecule has 7 nitrogen and oxygen atoms in total. The van der Waals surface area contributed by atoms with Crippen molar-refractivity contribution >= 4 is 5.91 Å². The number of nitrogens with one attached hydrogen (secondary N) is 1. The maximum absolute atomic E-state index is 14.4. The van der Waals surface area contributed by atoms with Gasteiger partial charge in [-0.2, -0.15) is 4.98 Å². The lowest BCUT2D eigenvalue weighted by Crippen LogP contribution is -2.52. The minimum Gasteiger partial charge on any atom is -0.381 e. The van der Waals surface area contributed by atoms with Gasteiger partial charge in [-0.1, -0.05) is 5.16 Å². The molecule has 5 rings (SSSR count). The molecule has 160 valence electrons. The van der Waals surface area contributed by atoms with Gasteiger partial charge in [0.15, 0.2) is 11.5 Å². The van der Waals surface area contributed by atoms with E-state index in [4.69, 9.17) is 14.2 Å². The highest BCUT2D eigenvalue weighted by molar-refractivity contribution is 5.86. The molecule has 3 aliphatic heterocycles. The third-order valence-electron chi connectivity index (χ3n) is 7.46. The minimum atomic E-state index is -1.60. The average molecular weight is 407 g/mol. The van der Waals surface area contributed by atoms with Gasteiger partial charge in [0.25, 0.3) is 5.91 Å². The number of hydrogen-bond acceptors (Lipinski definition) is 6. The summed E-state index contributed by atoms with van der Waals surface area (Å²) in [4.78, 5) is 18.8. The van der Waals surface area contributed by atoms with Crippen LogP contribution in [0, 0.1) is 5.92 Å². The molecule has 4 aliphatic rings. The van der Waals surface area contributed by atoms with E-state index in [1.54, 1.807) is 4.90 Å². The van der Waals surface area contributed by atoms with E-state index >= 15 is 0 Å². The average Bonchev–Trinajstić information content (AvgIpc) is 3.44. The molecule has 0 aromatic carbocycles. The quantitative estimate of drug-likeness (QED) is 0.828. The fourth-order valence-electron chi connectivity index (χ4n) is 5.31. The van der Waals surface area contributed by atoms with Gasteiger partial charge in [0.2, 0.25) is 5.89 Å². The number of halogens is 1. The summed E-state index contributed by atoms with van der Waals surface area (Å²) in [7, 11) is 0. The third-order valence-corrected chi connectivity index (χ3v) is 7.46. The molecule has 1 aliphatic carbocycles. The molecular weight excluding hydrogens is 375 g/mol. The molecule has 29 heavy (non-hydrogen) atoms. The van der Waals surface area contributed by atoms with E-state index < -0.39 is 5.67 Å². The maximum Gasteiger partial charge on any atom is 0.260 e. The normalized spacial score (nSPS) is 32.9. The zero-order valence-corrected chi connectivity index (χ0v) is 16.9. The number of carbonyl (C=O) groups excluding carboxylic acids is 1. The number of amides is 1. The first kappa shape index (κ1) is 19.4. The highest BCUT2D eigenvalue weighted by Crippen LogP contribution is 2.39. The van der Waals surface area contributed by atoms with Gasteiger partial charge in [0.05, 0.1) is 6.61 Å². The summed E-state index contributed by atoms with van der Waals surface area (Å²) in [6, 6.07) is 0.459. The zero-order chi connectivity index (χ0) is 19.8. The van der Waals surface area contributed by atoms with Gasteiger partial charge in [-0.3, -0.25) is 4.79 Å². The summed E-state index contributed by atoms with van der Waals surface area (Å²) in [5.41, 5.74) is -1.60. The molecule has 3 unspecified atom stereocenters. The zero-order valence-electron chi connectivity index (χ0n) is 16.9. The molecule has 0 radical (unpaired) electrons. The smallest absolute Gasteiger partial charge is 0.260 e. The Morgan fingerprint density at radius 2 is 2.00 bits per heavy atom. The molecule has 1 aromatic rings. The number of ether oxygens (including phenoxy) is 1. The topological polar surface area (TPSA) is 80.5 Å². The number of piperidine rings is 2. The molecule has 1 N–H and O–H groups in total. The van der Waals surface area contributed by atoms with Crippen molar-refractivity contribution in [3.63, 3.8) is 0 Å². The van der Waals surface area contributed by atoms with Crippen LogP contribution in [0.5, 0.6) is 0 Å². The van der Waals surface area contributed by atoms with Crippen LogP contribution >= 0.6 is 0 Å². The number of carbonyl (C=O) groups is 1. The predicted octanol–water partition coefficient (Wildman–Crippen LogP) is 2.54. The summed E-state index contributed by atoms with van der Waals surface area (Å²) in [5.74, 6) is 2.26. The molecule has 1 aromatic heterocycles. The van der Waals surface area contributed by atoms with Crippen molar-refractivity contribution in [1.29, 1.82) is 0 Å². The molecule has 4 heterocycles. The lowest BCUT2D eigenvalue weighted by atomic mass is 9.80. The summed E-state index contributed by atoms with van der Waals surface area (Å²) in [6.07, 6.45) is 6.27. The Hall–Kier alpha value is -1.54. The summed E-state index contributed by atoms with van der Waals surface area (Å²) in [5, 5.41) is 7.90. The van der Waals surface area contributed by atoms with E-state index in [9.17, 15) is 9.18 Å². The van der Waals surface area contributed by atoms with Crippen molar-refractivity contribution in [2.45, 2.75) is 74.9 Å². The number of rotatable bonds is 4. The van der Waals surface area contributed by atoms with Crippen molar-refractivity contribution in [2.75, 3.05) is 32.8 Å². The minimum absolute atomic E-state index is 0.189. The summed E-state index contributed by atoms with van der Waals surface area (Å²) in [6.45, 7) is 3.83. The Balaban J connectivity index is 1.17. The first-order chi connectivity index (χ1) is 14.1. The molecule has 3 atom stereocenters. The summed E-state index contributed by atoms with van der Waals surface area (Å²) >= 11 is 0. The van der Waals surface area contributed by atoms with Gasteiger partial charge in [-0.25, -0.2) is 4.39 Å². The van der Waals surface area contributed by atoms with E-state index in [0.717, 1.165) is 70.0 Å². The monoisotopic (exact) mass is 406 g/mol. The SMILES string of the molecule is O=C(N1CCC(c2noc(C3CCNC(C4CCOC4)C3)n2)CC1)C1(F)CCC1. The Labute approximate surface area is 170 Å². The predicted molar refractivity (Wildman–Crippen MR) is 103 cm³/mol. The second kappa shape index (κ2) is 7.95. The van der Waals surface area contributed by atoms with Crippen molar-refractivity contribution < 1.29 is 18.4 Å². The lowest BCUT2D eigenvalue weighted by Gasteiger charge is -2.39. The standard InChI is InChI=1S/C21H31FN4O3/c22-21(6-1-7-21)20(27)26-9-3-14(4-10-26)18-24-19(29-25-18)15-2-8-23-17(12-15)16-5-11-28-13-16/h14-17,23H,1-13H2. The Morgan fingerprint density at radius 3 is 2.69 bits per heavy atom. The molecule has 0 bridgehead atoms. The van der Waals surface area contributed by atoms with Gasteiger partial charge in [0, 0.05) is 37.6 Å². The number of alkyl halides is 1. The van der Waals surface area contributed by atoms with Crippen LogP contribution in [0.15, 0.2) is 4.52 Å². The van der Waals surface area contributed by atoms with Crippen molar-refractivity contribution in [1.82, 2.24) is 20.4 Å². The van der Waals surface area contributed by atoms with Crippen molar-refractivity contribution in [2.24, 2.45) is 5.92 Å². The molecule has 8 heteroatoms. The van der Waals surface area contributed by atoms with E-state index in [0.29, 0.717) is 43.8 Å². The lowest BCUT2D eigenvalue weighted by molar-refractivity contribution is -0.151. The molecule has 0 spiro atoms. The number of hydrogen-bond donors (Lipinski definition) is 1.